The van der Waals surface area contributed by atoms with Crippen molar-refractivity contribution in [3.05, 3.63) is 93.9 Å². The summed E-state index contributed by atoms with van der Waals surface area (Å²) in [5, 5.41) is 11.2. The Morgan fingerprint density at radius 3 is 2.60 bits per heavy atom. The summed E-state index contributed by atoms with van der Waals surface area (Å²) in [5.74, 6) is 1.38. The van der Waals surface area contributed by atoms with Gasteiger partial charge in [-0.15, -0.1) is 0 Å². The van der Waals surface area contributed by atoms with Crippen LogP contribution in [0, 0.1) is 11.3 Å². The molecular formula is C28H26ClN3O3. The van der Waals surface area contributed by atoms with Crippen LogP contribution in [-0.4, -0.2) is 30.3 Å². The van der Waals surface area contributed by atoms with Gasteiger partial charge in [0.05, 0.1) is 28.4 Å². The number of aromatic nitrogens is 2. The summed E-state index contributed by atoms with van der Waals surface area (Å²) in [4.78, 5) is 8.78. The van der Waals surface area contributed by atoms with E-state index in [0.717, 1.165) is 45.5 Å². The van der Waals surface area contributed by atoms with Crippen molar-refractivity contribution in [2.45, 2.75) is 26.4 Å². The van der Waals surface area contributed by atoms with Gasteiger partial charge in [0, 0.05) is 31.0 Å². The van der Waals surface area contributed by atoms with E-state index in [1.807, 2.05) is 42.5 Å². The van der Waals surface area contributed by atoms with E-state index in [0.29, 0.717) is 42.6 Å². The van der Waals surface area contributed by atoms with Crippen LogP contribution in [0.4, 0.5) is 0 Å². The van der Waals surface area contributed by atoms with Crippen molar-refractivity contribution in [2.75, 3.05) is 20.3 Å². The fraction of sp³-hybridized carbons (Fsp3) is 0.250. The topological polar surface area (TPSA) is 77.3 Å². The van der Waals surface area contributed by atoms with Crippen LogP contribution in [-0.2, 0) is 24.2 Å². The summed E-state index contributed by atoms with van der Waals surface area (Å²) in [5.41, 5.74) is 5.09. The number of methoxy groups -OCH3 is 1. The highest BCUT2D eigenvalue weighted by Crippen LogP contribution is 2.32. The van der Waals surface area contributed by atoms with Crippen LogP contribution in [0.15, 0.2) is 60.9 Å². The molecule has 0 fully saturated rings. The average molecular weight is 488 g/mol. The highest BCUT2D eigenvalue weighted by molar-refractivity contribution is 6.32. The molecule has 0 aliphatic heterocycles. The van der Waals surface area contributed by atoms with Gasteiger partial charge in [0.25, 0.3) is 0 Å². The number of nitrogens with zero attached hydrogens (tertiary/aromatic N) is 3. The Balaban J connectivity index is 1.62. The Bertz CT molecular complexity index is 1350. The third-order valence-electron chi connectivity index (χ3n) is 5.69. The number of hydrogen-bond donors (Lipinski definition) is 0. The SMILES string of the molecule is CCc1cc2c(Cc3ccc(OCc4ccccn4)c(Cl)c3)c(C#N)cnc2cc1OCCOC. The molecule has 0 amide bonds. The first kappa shape index (κ1) is 24.5. The second kappa shape index (κ2) is 11.7. The Morgan fingerprint density at radius 2 is 1.89 bits per heavy atom. The molecule has 0 saturated heterocycles. The van der Waals surface area contributed by atoms with Crippen molar-refractivity contribution in [2.24, 2.45) is 0 Å². The zero-order chi connectivity index (χ0) is 24.6. The van der Waals surface area contributed by atoms with Crippen LogP contribution in [0.25, 0.3) is 10.9 Å². The molecule has 0 spiro atoms. The summed E-state index contributed by atoms with van der Waals surface area (Å²) >= 11 is 6.53. The average Bonchev–Trinajstić information content (AvgIpc) is 2.88. The van der Waals surface area contributed by atoms with E-state index in [9.17, 15) is 5.26 Å². The molecule has 6 nitrogen and oxygen atoms in total. The predicted octanol–water partition coefficient (Wildman–Crippen LogP) is 5.91. The van der Waals surface area contributed by atoms with Gasteiger partial charge in [0.15, 0.2) is 0 Å². The summed E-state index contributed by atoms with van der Waals surface area (Å²) in [7, 11) is 1.65. The summed E-state index contributed by atoms with van der Waals surface area (Å²) in [6.07, 6.45) is 4.68. The molecule has 0 unspecified atom stereocenters. The molecule has 7 heteroatoms. The fourth-order valence-electron chi connectivity index (χ4n) is 3.86. The molecule has 0 aliphatic carbocycles. The van der Waals surface area contributed by atoms with Crippen molar-refractivity contribution in [3.8, 4) is 17.6 Å². The van der Waals surface area contributed by atoms with Gasteiger partial charge in [0.2, 0.25) is 0 Å². The number of benzene rings is 2. The molecular weight excluding hydrogens is 462 g/mol. The van der Waals surface area contributed by atoms with Crippen LogP contribution in [0.1, 0.15) is 34.9 Å². The highest BCUT2D eigenvalue weighted by Gasteiger charge is 2.15. The van der Waals surface area contributed by atoms with Gasteiger partial charge in [-0.3, -0.25) is 9.97 Å². The van der Waals surface area contributed by atoms with E-state index in [4.69, 9.17) is 25.8 Å². The Kier molecular flexibility index (Phi) is 8.15. The zero-order valence-electron chi connectivity index (χ0n) is 19.8. The largest absolute Gasteiger partial charge is 0.491 e. The first-order valence-electron chi connectivity index (χ1n) is 11.4. The lowest BCUT2D eigenvalue weighted by Gasteiger charge is -2.15. The molecule has 0 radical (unpaired) electrons. The van der Waals surface area contributed by atoms with Gasteiger partial charge in [-0.1, -0.05) is 30.7 Å². The molecule has 0 bridgehead atoms. The van der Waals surface area contributed by atoms with E-state index in [1.54, 1.807) is 19.5 Å². The minimum atomic E-state index is 0.335. The molecule has 2 aromatic heterocycles. The molecule has 0 saturated carbocycles. The number of nitriles is 1. The van der Waals surface area contributed by atoms with Crippen LogP contribution in [0.5, 0.6) is 11.5 Å². The van der Waals surface area contributed by atoms with E-state index >= 15 is 0 Å². The Labute approximate surface area is 210 Å². The monoisotopic (exact) mass is 487 g/mol. The molecule has 2 aromatic carbocycles. The highest BCUT2D eigenvalue weighted by atomic mass is 35.5. The molecule has 35 heavy (non-hydrogen) atoms. The minimum Gasteiger partial charge on any atom is -0.491 e. The van der Waals surface area contributed by atoms with Gasteiger partial charge in [0.1, 0.15) is 30.8 Å². The zero-order valence-corrected chi connectivity index (χ0v) is 20.5. The van der Waals surface area contributed by atoms with Crippen molar-refractivity contribution >= 4 is 22.5 Å². The predicted molar refractivity (Wildman–Crippen MR) is 136 cm³/mol. The second-order valence-electron chi connectivity index (χ2n) is 7.99. The minimum absolute atomic E-state index is 0.335. The van der Waals surface area contributed by atoms with Crippen LogP contribution < -0.4 is 9.47 Å². The molecule has 4 rings (SSSR count). The smallest absolute Gasteiger partial charge is 0.138 e. The Morgan fingerprint density at radius 1 is 1.00 bits per heavy atom. The van der Waals surface area contributed by atoms with Gasteiger partial charge >= 0.3 is 0 Å². The third kappa shape index (κ3) is 5.89. The maximum atomic E-state index is 9.78. The van der Waals surface area contributed by atoms with E-state index in [1.165, 1.54) is 0 Å². The van der Waals surface area contributed by atoms with Crippen molar-refractivity contribution in [1.82, 2.24) is 9.97 Å². The second-order valence-corrected chi connectivity index (χ2v) is 8.39. The third-order valence-corrected chi connectivity index (χ3v) is 5.98. The molecule has 2 heterocycles. The lowest BCUT2D eigenvalue weighted by Crippen LogP contribution is -2.06. The normalized spacial score (nSPS) is 10.8. The number of aryl methyl sites for hydroxylation is 1. The summed E-state index contributed by atoms with van der Waals surface area (Å²) in [6, 6.07) is 17.7. The number of rotatable bonds is 10. The maximum Gasteiger partial charge on any atom is 0.138 e. The van der Waals surface area contributed by atoms with Crippen LogP contribution in [0.3, 0.4) is 0 Å². The standard InChI is InChI=1S/C28H26ClN3O3/c1-3-20-14-24-23(21(16-30)17-32-26(24)15-28(20)34-11-10-33-2)12-19-7-8-27(25(29)13-19)35-18-22-6-4-5-9-31-22/h4-9,13-15,17H,3,10-12,18H2,1-2H3. The molecule has 4 aromatic rings. The van der Waals surface area contributed by atoms with Gasteiger partial charge in [-0.05, 0) is 59.9 Å². The maximum absolute atomic E-state index is 9.78. The molecule has 0 aliphatic rings. The van der Waals surface area contributed by atoms with Gasteiger partial charge in [-0.2, -0.15) is 5.26 Å². The number of ether oxygens (including phenoxy) is 3. The number of pyridine rings is 2. The fourth-order valence-corrected chi connectivity index (χ4v) is 4.12. The lowest BCUT2D eigenvalue weighted by atomic mass is 9.95. The van der Waals surface area contributed by atoms with E-state index in [2.05, 4.69) is 29.0 Å². The summed E-state index contributed by atoms with van der Waals surface area (Å²) < 4.78 is 16.9. The first-order valence-corrected chi connectivity index (χ1v) is 11.8. The lowest BCUT2D eigenvalue weighted by molar-refractivity contribution is 0.146. The van der Waals surface area contributed by atoms with Gasteiger partial charge in [-0.25, -0.2) is 0 Å². The van der Waals surface area contributed by atoms with Crippen LogP contribution in [0.2, 0.25) is 5.02 Å². The molecule has 0 N–H and O–H groups in total. The van der Waals surface area contributed by atoms with Crippen molar-refractivity contribution in [1.29, 1.82) is 5.26 Å². The molecule has 178 valence electrons. The number of halogens is 1. The van der Waals surface area contributed by atoms with Crippen LogP contribution >= 0.6 is 11.6 Å². The van der Waals surface area contributed by atoms with Gasteiger partial charge < -0.3 is 14.2 Å². The Hall–Kier alpha value is -3.66. The quantitative estimate of drug-likeness (QED) is 0.259. The van der Waals surface area contributed by atoms with E-state index < -0.39 is 0 Å². The summed E-state index contributed by atoms with van der Waals surface area (Å²) in [6.45, 7) is 3.39. The number of fused-ring (bicyclic) bond motifs is 1. The van der Waals surface area contributed by atoms with Crippen molar-refractivity contribution < 1.29 is 14.2 Å². The molecule has 0 atom stereocenters. The van der Waals surface area contributed by atoms with Crippen molar-refractivity contribution in [3.63, 3.8) is 0 Å². The van der Waals surface area contributed by atoms with E-state index in [-0.39, 0.29) is 0 Å². The number of hydrogen-bond acceptors (Lipinski definition) is 6. The first-order chi connectivity index (χ1) is 17.1.